The number of carbonyl (C=O) groups is 3. The van der Waals surface area contributed by atoms with Gasteiger partial charge in [-0.2, -0.15) is 0 Å². The molecular formula is C31H31FN4O5. The number of non-ortho nitro benzene ring substituents is 1. The number of para-hydroxylation sites is 1. The van der Waals surface area contributed by atoms with Gasteiger partial charge in [0.15, 0.2) is 0 Å². The van der Waals surface area contributed by atoms with E-state index in [1.165, 1.54) is 0 Å². The molecule has 3 amide bonds. The molecule has 212 valence electrons. The number of nitro benzene ring substituents is 1. The molecule has 1 N–H and O–H groups in total. The zero-order chi connectivity index (χ0) is 29.3. The molecule has 0 bridgehead atoms. The highest BCUT2D eigenvalue weighted by atomic mass is 19.1. The number of likely N-dealkylation sites (tertiary alicyclic amines) is 1. The summed E-state index contributed by atoms with van der Waals surface area (Å²) in [4.78, 5) is 52.2. The summed E-state index contributed by atoms with van der Waals surface area (Å²) in [6.07, 6.45) is 1.54. The summed E-state index contributed by atoms with van der Waals surface area (Å²) >= 11 is 0. The minimum absolute atomic E-state index is 0.0311. The maximum Gasteiger partial charge on any atom is 0.273 e. The molecule has 9 nitrogen and oxygen atoms in total. The van der Waals surface area contributed by atoms with Crippen molar-refractivity contribution >= 4 is 34.8 Å². The van der Waals surface area contributed by atoms with E-state index in [0.717, 1.165) is 40.6 Å². The van der Waals surface area contributed by atoms with Crippen molar-refractivity contribution in [3.8, 4) is 0 Å². The standard InChI is InChI=1S/C31H31FN4O5/c1-19-4-3-5-20(2)29(19)35-18-24(16-28(35)37)30(38)33-26-8-6-21(7-9-26)22-10-12-34(13-11-22)31(39)23-14-25(32)17-27(15-23)36(40)41/h3-9,14-15,17,22,24H,10-13,16,18H2,1-2H3,(H,33,38). The van der Waals surface area contributed by atoms with Gasteiger partial charge < -0.3 is 15.1 Å². The number of hydrogen-bond donors (Lipinski definition) is 1. The van der Waals surface area contributed by atoms with Crippen LogP contribution in [0.1, 0.15) is 52.2 Å². The molecule has 1 atom stereocenters. The summed E-state index contributed by atoms with van der Waals surface area (Å²) in [7, 11) is 0. The van der Waals surface area contributed by atoms with Crippen LogP contribution < -0.4 is 10.2 Å². The second-order valence-electron chi connectivity index (χ2n) is 10.8. The lowest BCUT2D eigenvalue weighted by Crippen LogP contribution is -2.38. The summed E-state index contributed by atoms with van der Waals surface area (Å²) in [5.41, 5.74) is 4.13. The number of halogens is 1. The highest BCUT2D eigenvalue weighted by Crippen LogP contribution is 2.32. The van der Waals surface area contributed by atoms with Gasteiger partial charge in [-0.25, -0.2) is 4.39 Å². The molecule has 2 aliphatic heterocycles. The molecule has 1 unspecified atom stereocenters. The predicted molar refractivity (Wildman–Crippen MR) is 152 cm³/mol. The first-order chi connectivity index (χ1) is 19.6. The van der Waals surface area contributed by atoms with Gasteiger partial charge in [-0.05, 0) is 67.5 Å². The van der Waals surface area contributed by atoms with Crippen molar-refractivity contribution in [1.82, 2.24) is 4.90 Å². The van der Waals surface area contributed by atoms with Crippen molar-refractivity contribution in [3.63, 3.8) is 0 Å². The van der Waals surface area contributed by atoms with Crippen LogP contribution in [0.5, 0.6) is 0 Å². The Bertz CT molecular complexity index is 1500. The van der Waals surface area contributed by atoms with Crippen LogP contribution in [0.4, 0.5) is 21.5 Å². The summed E-state index contributed by atoms with van der Waals surface area (Å²) in [5.74, 6) is -1.73. The Morgan fingerprint density at radius 2 is 1.66 bits per heavy atom. The van der Waals surface area contributed by atoms with Crippen LogP contribution in [0, 0.1) is 35.7 Å². The van der Waals surface area contributed by atoms with Gasteiger partial charge in [0, 0.05) is 49.1 Å². The molecule has 2 saturated heterocycles. The second kappa shape index (κ2) is 11.5. The van der Waals surface area contributed by atoms with E-state index in [-0.39, 0.29) is 29.7 Å². The minimum Gasteiger partial charge on any atom is -0.339 e. The number of benzene rings is 3. The van der Waals surface area contributed by atoms with Gasteiger partial charge in [0.25, 0.3) is 11.6 Å². The molecule has 3 aromatic carbocycles. The fourth-order valence-electron chi connectivity index (χ4n) is 5.82. The molecule has 41 heavy (non-hydrogen) atoms. The van der Waals surface area contributed by atoms with E-state index >= 15 is 0 Å². The van der Waals surface area contributed by atoms with Gasteiger partial charge in [0.05, 0.1) is 16.9 Å². The first-order valence-corrected chi connectivity index (χ1v) is 13.6. The normalized spacial score (nSPS) is 17.5. The fourth-order valence-corrected chi connectivity index (χ4v) is 5.82. The maximum absolute atomic E-state index is 13.8. The molecule has 0 aliphatic carbocycles. The van der Waals surface area contributed by atoms with E-state index in [1.54, 1.807) is 9.80 Å². The molecule has 10 heteroatoms. The van der Waals surface area contributed by atoms with Gasteiger partial charge in [-0.15, -0.1) is 0 Å². The number of piperidine rings is 1. The SMILES string of the molecule is Cc1cccc(C)c1N1CC(C(=O)Nc2ccc(C3CCN(C(=O)c4cc(F)cc([N+](=O)[O-])c4)CC3)cc2)CC1=O. The number of nitrogens with one attached hydrogen (secondary N) is 1. The largest absolute Gasteiger partial charge is 0.339 e. The Balaban J connectivity index is 1.16. The Morgan fingerprint density at radius 1 is 1.00 bits per heavy atom. The number of carbonyl (C=O) groups excluding carboxylic acids is 3. The van der Waals surface area contributed by atoms with E-state index in [2.05, 4.69) is 5.32 Å². The van der Waals surface area contributed by atoms with Crippen LogP contribution in [0.25, 0.3) is 0 Å². The minimum atomic E-state index is -0.817. The zero-order valence-corrected chi connectivity index (χ0v) is 22.9. The van der Waals surface area contributed by atoms with Crippen LogP contribution in [0.3, 0.4) is 0 Å². The quantitative estimate of drug-likeness (QED) is 0.323. The number of nitrogens with zero attached hydrogens (tertiary/aromatic N) is 3. The van der Waals surface area contributed by atoms with Gasteiger partial charge in [-0.3, -0.25) is 24.5 Å². The lowest BCUT2D eigenvalue weighted by molar-refractivity contribution is -0.385. The molecule has 2 heterocycles. The van der Waals surface area contributed by atoms with Crippen molar-refractivity contribution in [2.75, 3.05) is 29.9 Å². The Hall–Kier alpha value is -4.60. The summed E-state index contributed by atoms with van der Waals surface area (Å²) in [6.45, 7) is 5.15. The van der Waals surface area contributed by atoms with E-state index in [9.17, 15) is 28.9 Å². The Kier molecular flexibility index (Phi) is 7.83. The monoisotopic (exact) mass is 558 g/mol. The molecule has 0 radical (unpaired) electrons. The molecule has 5 rings (SSSR count). The third-order valence-electron chi connectivity index (χ3n) is 7.98. The van der Waals surface area contributed by atoms with Crippen molar-refractivity contribution in [1.29, 1.82) is 0 Å². The number of aryl methyl sites for hydroxylation is 2. The van der Waals surface area contributed by atoms with Gasteiger partial charge >= 0.3 is 0 Å². The summed E-state index contributed by atoms with van der Waals surface area (Å²) < 4.78 is 13.8. The van der Waals surface area contributed by atoms with Gasteiger partial charge in [0.1, 0.15) is 5.82 Å². The summed E-state index contributed by atoms with van der Waals surface area (Å²) in [6, 6.07) is 16.4. The Labute approximate surface area is 237 Å². The van der Waals surface area contributed by atoms with Crippen LogP contribution in [0.15, 0.2) is 60.7 Å². The van der Waals surface area contributed by atoms with Crippen LogP contribution in [0.2, 0.25) is 0 Å². The average Bonchev–Trinajstić information content (AvgIpc) is 3.34. The molecule has 0 spiro atoms. The van der Waals surface area contributed by atoms with Crippen LogP contribution in [-0.2, 0) is 9.59 Å². The molecular weight excluding hydrogens is 527 g/mol. The van der Waals surface area contributed by atoms with Crippen molar-refractivity contribution < 1.29 is 23.7 Å². The molecule has 2 fully saturated rings. The maximum atomic E-state index is 13.8. The van der Waals surface area contributed by atoms with E-state index in [4.69, 9.17) is 0 Å². The topological polar surface area (TPSA) is 113 Å². The smallest absolute Gasteiger partial charge is 0.273 e. The highest BCUT2D eigenvalue weighted by molar-refractivity contribution is 6.04. The lowest BCUT2D eigenvalue weighted by atomic mass is 9.89. The van der Waals surface area contributed by atoms with Gasteiger partial charge in [0.2, 0.25) is 11.8 Å². The van der Waals surface area contributed by atoms with Crippen molar-refractivity contribution in [2.45, 2.75) is 39.0 Å². The number of nitro groups is 1. The molecule has 0 saturated carbocycles. The third kappa shape index (κ3) is 5.96. The first kappa shape index (κ1) is 27.9. The average molecular weight is 559 g/mol. The van der Waals surface area contributed by atoms with Gasteiger partial charge in [-0.1, -0.05) is 30.3 Å². The molecule has 2 aliphatic rings. The zero-order valence-electron chi connectivity index (χ0n) is 22.9. The number of rotatable bonds is 6. The van der Waals surface area contributed by atoms with Crippen LogP contribution in [-0.4, -0.2) is 47.2 Å². The molecule has 0 aromatic heterocycles. The summed E-state index contributed by atoms with van der Waals surface area (Å²) in [5, 5.41) is 14.0. The highest BCUT2D eigenvalue weighted by Gasteiger charge is 2.36. The second-order valence-corrected chi connectivity index (χ2v) is 10.8. The number of anilines is 2. The third-order valence-corrected chi connectivity index (χ3v) is 7.98. The van der Waals surface area contributed by atoms with Crippen molar-refractivity contribution in [2.24, 2.45) is 5.92 Å². The predicted octanol–water partition coefficient (Wildman–Crippen LogP) is 5.36. The van der Waals surface area contributed by atoms with Crippen LogP contribution >= 0.6 is 0 Å². The lowest BCUT2D eigenvalue weighted by Gasteiger charge is -2.32. The van der Waals surface area contributed by atoms with Crippen molar-refractivity contribution in [3.05, 3.63) is 98.8 Å². The Morgan fingerprint density at radius 3 is 2.29 bits per heavy atom. The first-order valence-electron chi connectivity index (χ1n) is 13.6. The van der Waals surface area contributed by atoms with E-state index in [0.29, 0.717) is 38.2 Å². The molecule has 3 aromatic rings. The fraction of sp³-hybridized carbons (Fsp3) is 0.323. The number of hydrogen-bond acceptors (Lipinski definition) is 5. The van der Waals surface area contributed by atoms with E-state index < -0.39 is 28.3 Å². The number of amides is 3. The van der Waals surface area contributed by atoms with E-state index in [1.807, 2.05) is 56.3 Å².